The highest BCUT2D eigenvalue weighted by atomic mass is 35.5. The van der Waals surface area contributed by atoms with Crippen LogP contribution < -0.4 is 20.6 Å². The Labute approximate surface area is 228 Å². The molecule has 0 fully saturated rings. The number of nitrogens with zero attached hydrogens (tertiary/aromatic N) is 1. The van der Waals surface area contributed by atoms with Crippen LogP contribution in [0.3, 0.4) is 0 Å². The van der Waals surface area contributed by atoms with Gasteiger partial charge in [-0.2, -0.15) is 0 Å². The lowest BCUT2D eigenvalue weighted by atomic mass is 9.72. The maximum atomic E-state index is 14.7. The first-order valence-corrected chi connectivity index (χ1v) is 11.6. The van der Waals surface area contributed by atoms with Gasteiger partial charge in [0, 0.05) is 6.07 Å². The number of fused-ring (bicyclic) bond motifs is 1. The van der Waals surface area contributed by atoms with Crippen LogP contribution in [0.4, 0.5) is 19.3 Å². The number of nitrogens with one attached hydrogen (secondary N) is 3. The molecular formula is C23H18BClF2N4O9. The Bertz CT molecular complexity index is 1530. The van der Waals surface area contributed by atoms with E-state index >= 15 is 0 Å². The molecule has 40 heavy (non-hydrogen) atoms. The molecule has 0 radical (unpaired) electrons. The number of phenols is 2. The number of aromatic hydroxyl groups is 3. The number of anilines is 1. The molecule has 1 aromatic heterocycles. The van der Waals surface area contributed by atoms with Crippen LogP contribution >= 0.6 is 11.6 Å². The number of urea groups is 1. The van der Waals surface area contributed by atoms with E-state index in [1.165, 1.54) is 6.07 Å². The van der Waals surface area contributed by atoms with Crippen molar-refractivity contribution < 1.29 is 53.3 Å². The largest absolute Gasteiger partial charge is 0.547 e. The second kappa shape index (κ2) is 11.1. The summed E-state index contributed by atoms with van der Waals surface area (Å²) in [5.74, 6) is -8.65. The van der Waals surface area contributed by atoms with Gasteiger partial charge in [0.2, 0.25) is 5.91 Å². The molecule has 0 aliphatic carbocycles. The summed E-state index contributed by atoms with van der Waals surface area (Å²) in [6.45, 7) is 0. The molecule has 0 saturated carbocycles. The van der Waals surface area contributed by atoms with E-state index in [9.17, 15) is 48.6 Å². The number of rotatable bonds is 6. The number of aromatic carboxylic acids is 1. The van der Waals surface area contributed by atoms with Gasteiger partial charge >= 0.3 is 19.1 Å². The van der Waals surface area contributed by atoms with Gasteiger partial charge < -0.3 is 46.1 Å². The van der Waals surface area contributed by atoms with Crippen molar-refractivity contribution >= 4 is 42.3 Å². The average molecular weight is 579 g/mol. The SMILES string of the molecule is O=C(Nc1ccc(O)c(O)c1Cl)NC(C(=O)N[C@H]1Cc2ccc(F)c(C(=O)O)c2OB1O)c1ncc(O)cc1F. The fraction of sp³-hybridized carbons (Fsp3) is 0.130. The molecule has 17 heteroatoms. The van der Waals surface area contributed by atoms with E-state index in [-0.39, 0.29) is 17.7 Å². The Hall–Kier alpha value is -4.83. The van der Waals surface area contributed by atoms with Crippen LogP contribution in [0.2, 0.25) is 5.02 Å². The number of benzene rings is 2. The lowest BCUT2D eigenvalue weighted by Crippen LogP contribution is -2.56. The zero-order valence-electron chi connectivity index (χ0n) is 19.9. The first-order valence-electron chi connectivity index (χ1n) is 11.2. The van der Waals surface area contributed by atoms with Crippen LogP contribution in [-0.4, -0.2) is 61.4 Å². The molecule has 8 N–H and O–H groups in total. The van der Waals surface area contributed by atoms with Gasteiger partial charge in [-0.25, -0.2) is 18.4 Å². The molecule has 1 aliphatic rings. The fourth-order valence-electron chi connectivity index (χ4n) is 3.87. The molecule has 0 saturated heterocycles. The number of phenolic OH excluding ortho intramolecular Hbond substituents is 2. The quantitative estimate of drug-likeness (QED) is 0.121. The minimum atomic E-state index is -1.89. The number of halogens is 3. The number of aromatic nitrogens is 1. The van der Waals surface area contributed by atoms with E-state index in [1.807, 2.05) is 0 Å². The molecule has 2 atom stereocenters. The van der Waals surface area contributed by atoms with Crippen LogP contribution in [0.25, 0.3) is 0 Å². The Balaban J connectivity index is 1.59. The predicted octanol–water partition coefficient (Wildman–Crippen LogP) is 1.83. The summed E-state index contributed by atoms with van der Waals surface area (Å²) < 4.78 is 33.9. The summed E-state index contributed by atoms with van der Waals surface area (Å²) in [4.78, 5) is 41.1. The van der Waals surface area contributed by atoms with E-state index in [4.69, 9.17) is 16.3 Å². The molecule has 2 heterocycles. The van der Waals surface area contributed by atoms with Crippen LogP contribution in [0.1, 0.15) is 27.7 Å². The Morgan fingerprint density at radius 3 is 2.52 bits per heavy atom. The van der Waals surface area contributed by atoms with Crippen molar-refractivity contribution in [1.29, 1.82) is 0 Å². The lowest BCUT2D eigenvalue weighted by molar-refractivity contribution is -0.123. The van der Waals surface area contributed by atoms with Crippen LogP contribution in [0, 0.1) is 11.6 Å². The minimum Gasteiger partial charge on any atom is -0.534 e. The zero-order chi connectivity index (χ0) is 29.3. The first kappa shape index (κ1) is 28.2. The van der Waals surface area contributed by atoms with Crippen LogP contribution in [0.5, 0.6) is 23.0 Å². The van der Waals surface area contributed by atoms with Crippen LogP contribution in [0.15, 0.2) is 36.5 Å². The molecule has 1 unspecified atom stereocenters. The molecule has 13 nitrogen and oxygen atoms in total. The highest BCUT2D eigenvalue weighted by Crippen LogP contribution is 2.38. The van der Waals surface area contributed by atoms with Gasteiger partial charge in [-0.15, -0.1) is 0 Å². The molecule has 0 spiro atoms. The van der Waals surface area contributed by atoms with Crippen molar-refractivity contribution in [3.05, 3.63) is 70.0 Å². The number of hydrogen-bond acceptors (Lipinski definition) is 9. The molecule has 0 bridgehead atoms. The third kappa shape index (κ3) is 5.62. The van der Waals surface area contributed by atoms with Crippen molar-refractivity contribution in [3.63, 3.8) is 0 Å². The monoisotopic (exact) mass is 578 g/mol. The third-order valence-electron chi connectivity index (χ3n) is 5.76. The minimum absolute atomic E-state index is 0.132. The molecule has 3 aromatic rings. The van der Waals surface area contributed by atoms with Crippen LogP contribution in [-0.2, 0) is 11.2 Å². The zero-order valence-corrected chi connectivity index (χ0v) is 20.6. The number of carboxylic acids is 1. The van der Waals surface area contributed by atoms with Crippen molar-refractivity contribution in [1.82, 2.24) is 15.6 Å². The maximum Gasteiger partial charge on any atom is 0.547 e. The summed E-state index contributed by atoms with van der Waals surface area (Å²) in [7, 11) is -1.87. The smallest absolute Gasteiger partial charge is 0.534 e. The Kier molecular flexibility index (Phi) is 7.83. The average Bonchev–Trinajstić information content (AvgIpc) is 2.88. The van der Waals surface area contributed by atoms with Crippen molar-refractivity contribution in [3.8, 4) is 23.0 Å². The van der Waals surface area contributed by atoms with Gasteiger partial charge in [0.15, 0.2) is 23.4 Å². The normalized spacial score (nSPS) is 14.9. The number of carbonyl (C=O) groups excluding carboxylic acids is 2. The number of pyridine rings is 1. The van der Waals surface area contributed by atoms with Gasteiger partial charge in [-0.3, -0.25) is 9.78 Å². The van der Waals surface area contributed by atoms with Gasteiger partial charge in [-0.05, 0) is 30.2 Å². The summed E-state index contributed by atoms with van der Waals surface area (Å²) in [5.41, 5.74) is -1.52. The fourth-order valence-corrected chi connectivity index (χ4v) is 4.08. The van der Waals surface area contributed by atoms with Gasteiger partial charge in [0.1, 0.15) is 33.6 Å². The van der Waals surface area contributed by atoms with Gasteiger partial charge in [-0.1, -0.05) is 17.7 Å². The van der Waals surface area contributed by atoms with E-state index in [0.29, 0.717) is 6.07 Å². The Morgan fingerprint density at radius 1 is 1.12 bits per heavy atom. The highest BCUT2D eigenvalue weighted by molar-refractivity contribution is 6.47. The van der Waals surface area contributed by atoms with Gasteiger partial charge in [0.25, 0.3) is 0 Å². The topological polar surface area (TPSA) is 211 Å². The standard InChI is InChI=1S/C23H18BClF2N4O9/c25-16-12(3-4-13(33)19(16)34)29-23(38)31-18(17-11(27)6-9(32)7-28-17)21(35)30-14-5-8-1-2-10(26)15(22(36)37)20(8)40-24(14)39/h1-4,6-7,14,18,32-34,39H,5H2,(H,30,35)(H,36,37)(H2,29,31,38)/t14-,18?/m0/s1. The molecule has 208 valence electrons. The Morgan fingerprint density at radius 2 is 1.85 bits per heavy atom. The number of carbonyl (C=O) groups is 3. The predicted molar refractivity (Wildman–Crippen MR) is 133 cm³/mol. The first-order chi connectivity index (χ1) is 18.9. The molecule has 4 rings (SSSR count). The number of carboxylic acid groups (broad SMARTS) is 1. The maximum absolute atomic E-state index is 14.7. The van der Waals surface area contributed by atoms with Crippen molar-refractivity contribution in [2.75, 3.05) is 5.32 Å². The van der Waals surface area contributed by atoms with Crippen molar-refractivity contribution in [2.45, 2.75) is 18.4 Å². The molecule has 3 amide bonds. The molecule has 1 aliphatic heterocycles. The second-order valence-electron chi connectivity index (χ2n) is 8.43. The number of hydrogen-bond donors (Lipinski definition) is 8. The summed E-state index contributed by atoms with van der Waals surface area (Å²) in [6.07, 6.45) is 0.569. The van der Waals surface area contributed by atoms with Crippen molar-refractivity contribution in [2.24, 2.45) is 0 Å². The third-order valence-corrected chi connectivity index (χ3v) is 6.14. The van der Waals surface area contributed by atoms with E-state index in [1.54, 1.807) is 0 Å². The van der Waals surface area contributed by atoms with E-state index in [0.717, 1.165) is 24.4 Å². The summed E-state index contributed by atoms with van der Waals surface area (Å²) in [6, 6.07) is 1.82. The molecular weight excluding hydrogens is 561 g/mol. The molecule has 2 aromatic carbocycles. The number of amides is 3. The second-order valence-corrected chi connectivity index (χ2v) is 8.81. The van der Waals surface area contributed by atoms with E-state index in [2.05, 4.69) is 20.9 Å². The van der Waals surface area contributed by atoms with E-state index < -0.39 is 87.9 Å². The summed E-state index contributed by atoms with van der Waals surface area (Å²) >= 11 is 5.89. The lowest BCUT2D eigenvalue weighted by Gasteiger charge is -2.30. The summed E-state index contributed by atoms with van der Waals surface area (Å²) in [5, 5.41) is 54.8. The van der Waals surface area contributed by atoms with Gasteiger partial charge in [0.05, 0.1) is 17.8 Å². The highest BCUT2D eigenvalue weighted by Gasteiger charge is 2.40.